The lowest BCUT2D eigenvalue weighted by molar-refractivity contribution is -0.142. The Bertz CT molecular complexity index is 2180. The van der Waals surface area contributed by atoms with E-state index >= 15 is 0 Å². The summed E-state index contributed by atoms with van der Waals surface area (Å²) in [5.74, 6) is -10.1. The number of carbonyl (C=O) groups is 10. The summed E-state index contributed by atoms with van der Waals surface area (Å²) in [6.45, 7) is 5.16. The van der Waals surface area contributed by atoms with E-state index in [1.54, 1.807) is 60.8 Å². The van der Waals surface area contributed by atoms with E-state index in [-0.39, 0.29) is 19.3 Å². The molecule has 0 aliphatic rings. The Hall–Kier alpha value is -7.36. The van der Waals surface area contributed by atoms with Crippen molar-refractivity contribution in [3.8, 4) is 0 Å². The summed E-state index contributed by atoms with van der Waals surface area (Å²) >= 11 is 0. The van der Waals surface area contributed by atoms with Crippen molar-refractivity contribution in [2.45, 2.75) is 115 Å². The predicted octanol–water partition coefficient (Wildman–Crippen LogP) is -1.43. The quantitative estimate of drug-likeness (QED) is 0.0464. The van der Waals surface area contributed by atoms with Crippen LogP contribution in [0.5, 0.6) is 0 Å². The summed E-state index contributed by atoms with van der Waals surface area (Å²) in [5, 5.41) is 45.9. The Labute approximate surface area is 367 Å². The zero-order valence-corrected chi connectivity index (χ0v) is 35.6. The Morgan fingerprint density at radius 2 is 0.938 bits per heavy atom. The summed E-state index contributed by atoms with van der Waals surface area (Å²) in [4.78, 5) is 130. The van der Waals surface area contributed by atoms with Gasteiger partial charge in [0, 0.05) is 42.8 Å². The number of nitrogens with one attached hydrogen (secondary N) is 8. The fourth-order valence-corrected chi connectivity index (χ4v) is 6.18. The highest BCUT2D eigenvalue weighted by Crippen LogP contribution is 2.19. The first-order valence-corrected chi connectivity index (χ1v) is 20.3. The van der Waals surface area contributed by atoms with Crippen molar-refractivity contribution in [3.63, 3.8) is 0 Å². The predicted molar refractivity (Wildman–Crippen MR) is 228 cm³/mol. The van der Waals surface area contributed by atoms with Gasteiger partial charge in [0.2, 0.25) is 41.4 Å². The van der Waals surface area contributed by atoms with Crippen LogP contribution < -0.4 is 43.0 Å². The van der Waals surface area contributed by atoms with Crippen molar-refractivity contribution < 1.29 is 63.3 Å². The molecule has 3 aromatic rings. The minimum absolute atomic E-state index is 0.0926. The van der Waals surface area contributed by atoms with E-state index in [9.17, 15) is 58.2 Å². The third-order valence-electron chi connectivity index (χ3n) is 9.86. The van der Waals surface area contributed by atoms with Crippen LogP contribution in [-0.4, -0.2) is 128 Å². The third-order valence-corrected chi connectivity index (χ3v) is 9.86. The molecule has 8 atom stereocenters. The van der Waals surface area contributed by atoms with Crippen LogP contribution in [0, 0.1) is 0 Å². The van der Waals surface area contributed by atoms with Gasteiger partial charge < -0.3 is 63.3 Å². The van der Waals surface area contributed by atoms with E-state index in [1.807, 2.05) is 0 Å². The van der Waals surface area contributed by atoms with Crippen molar-refractivity contribution in [2.24, 2.45) is 5.73 Å². The van der Waals surface area contributed by atoms with E-state index in [2.05, 4.69) is 42.2 Å². The number of carboxylic acids is 3. The maximum Gasteiger partial charge on any atom is 0.326 e. The fraction of sp³-hybridized carbons (Fsp3) is 0.429. The van der Waals surface area contributed by atoms with E-state index in [0.29, 0.717) is 11.1 Å². The van der Waals surface area contributed by atoms with Gasteiger partial charge in [0.05, 0.1) is 6.04 Å². The van der Waals surface area contributed by atoms with E-state index in [0.717, 1.165) is 10.9 Å². The molecular weight excluding hydrogens is 839 g/mol. The lowest BCUT2D eigenvalue weighted by Crippen LogP contribution is -2.59. The Kier molecular flexibility index (Phi) is 19.4. The fourth-order valence-electron chi connectivity index (χ4n) is 6.18. The molecule has 22 nitrogen and oxygen atoms in total. The van der Waals surface area contributed by atoms with Gasteiger partial charge >= 0.3 is 17.9 Å². The van der Waals surface area contributed by atoms with Crippen LogP contribution in [0.15, 0.2) is 60.8 Å². The molecule has 0 spiro atoms. The molecule has 0 aliphatic heterocycles. The Morgan fingerprint density at radius 3 is 1.41 bits per heavy atom. The molecule has 8 unspecified atom stereocenters. The Balaban J connectivity index is 1.69. The number of H-pyrrole nitrogens is 1. The largest absolute Gasteiger partial charge is 0.481 e. The zero-order chi connectivity index (χ0) is 47.7. The molecule has 0 saturated carbocycles. The number of rotatable bonds is 25. The molecule has 3 rings (SSSR count). The molecule has 1 heterocycles. The highest BCUT2D eigenvalue weighted by atomic mass is 16.4. The van der Waals surface area contributed by atoms with Gasteiger partial charge in [-0.05, 0) is 57.7 Å². The molecule has 7 amide bonds. The number of nitrogens with two attached hydrogens (primary N) is 1. The highest BCUT2D eigenvalue weighted by Gasteiger charge is 2.32. The average Bonchev–Trinajstić information content (AvgIpc) is 3.65. The molecule has 346 valence electrons. The molecule has 13 N–H and O–H groups in total. The van der Waals surface area contributed by atoms with Crippen LogP contribution in [-0.2, 0) is 60.8 Å². The van der Waals surface area contributed by atoms with Crippen LogP contribution in [0.25, 0.3) is 10.9 Å². The number of hydrogen-bond acceptors (Lipinski definition) is 11. The van der Waals surface area contributed by atoms with E-state index < -0.39 is 127 Å². The number of carboxylic acid groups (broad SMARTS) is 3. The topological polar surface area (TPSA) is 357 Å². The summed E-state index contributed by atoms with van der Waals surface area (Å²) < 4.78 is 0. The molecule has 0 fully saturated rings. The number of aliphatic carboxylic acids is 3. The van der Waals surface area contributed by atoms with Gasteiger partial charge in [-0.15, -0.1) is 0 Å². The monoisotopic (exact) mass is 893 g/mol. The Morgan fingerprint density at radius 1 is 0.516 bits per heavy atom. The zero-order valence-electron chi connectivity index (χ0n) is 35.6. The summed E-state index contributed by atoms with van der Waals surface area (Å²) in [7, 11) is 0. The van der Waals surface area contributed by atoms with Crippen molar-refractivity contribution in [1.82, 2.24) is 42.2 Å². The van der Waals surface area contributed by atoms with E-state index in [1.165, 1.54) is 27.7 Å². The minimum atomic E-state index is -1.54. The molecule has 0 saturated heterocycles. The average molecular weight is 894 g/mol. The molecule has 0 bridgehead atoms. The molecule has 2 aromatic carbocycles. The van der Waals surface area contributed by atoms with Crippen LogP contribution in [0.2, 0.25) is 0 Å². The van der Waals surface area contributed by atoms with Gasteiger partial charge in [0.25, 0.3) is 0 Å². The normalized spacial score (nSPS) is 14.7. The first-order valence-electron chi connectivity index (χ1n) is 20.3. The number of fused-ring (bicyclic) bond motifs is 1. The van der Waals surface area contributed by atoms with Crippen molar-refractivity contribution in [3.05, 3.63) is 71.9 Å². The lowest BCUT2D eigenvalue weighted by Gasteiger charge is -2.26. The summed E-state index contributed by atoms with van der Waals surface area (Å²) in [6.07, 6.45) is -0.419. The SMILES string of the molecule is CC(N)C(=O)NC(CCC(=O)O)C(=O)NC(C)C(=O)NC(Cc1ccccc1)C(=O)NC(C)C(=O)NC(CCC(=O)O)C(=O)NC(C)C(=O)NC(Cc1c[nH]c2ccccc12)C(=O)O. The number of carbonyl (C=O) groups excluding carboxylic acids is 7. The van der Waals surface area contributed by atoms with Crippen LogP contribution >= 0.6 is 0 Å². The smallest absolute Gasteiger partial charge is 0.326 e. The first kappa shape index (κ1) is 51.0. The lowest BCUT2D eigenvalue weighted by atomic mass is 10.0. The van der Waals surface area contributed by atoms with Gasteiger partial charge in [-0.1, -0.05) is 48.5 Å². The van der Waals surface area contributed by atoms with Crippen molar-refractivity contribution in [2.75, 3.05) is 0 Å². The molecule has 0 aliphatic carbocycles. The van der Waals surface area contributed by atoms with Crippen LogP contribution in [0.3, 0.4) is 0 Å². The van der Waals surface area contributed by atoms with E-state index in [4.69, 9.17) is 10.8 Å². The van der Waals surface area contributed by atoms with Gasteiger partial charge in [-0.25, -0.2) is 4.79 Å². The molecule has 64 heavy (non-hydrogen) atoms. The second-order valence-corrected chi connectivity index (χ2v) is 15.2. The van der Waals surface area contributed by atoms with Crippen LogP contribution in [0.4, 0.5) is 0 Å². The number of aromatic nitrogens is 1. The van der Waals surface area contributed by atoms with Gasteiger partial charge in [0.1, 0.15) is 42.3 Å². The first-order chi connectivity index (χ1) is 30.2. The molecule has 22 heteroatoms. The van der Waals surface area contributed by atoms with Crippen molar-refractivity contribution >= 4 is 70.2 Å². The molecular formula is C42H55N9O13. The van der Waals surface area contributed by atoms with Gasteiger partial charge in [-0.3, -0.25) is 43.2 Å². The number of amides is 7. The van der Waals surface area contributed by atoms with Crippen LogP contribution in [0.1, 0.15) is 64.5 Å². The standard InChI is InChI=1S/C42H55N9O13/c1-21(43)35(56)48-29(14-16-33(52)53)39(60)45-23(3)37(58)50-31(18-25-10-6-5-7-11-25)41(62)47-22(2)36(57)49-30(15-17-34(54)55)40(61)46-24(4)38(59)51-32(42(63)64)19-26-20-44-28-13-9-8-12-27(26)28/h5-13,20-24,29-32,44H,14-19,43H2,1-4H3,(H,45,60)(H,46,61)(H,47,62)(H,48,56)(H,49,57)(H,50,58)(H,51,59)(H,52,53)(H,54,55)(H,63,64). The maximum atomic E-state index is 13.7. The summed E-state index contributed by atoms with van der Waals surface area (Å²) in [6, 6.07) is 4.83. The van der Waals surface area contributed by atoms with Gasteiger partial charge in [0.15, 0.2) is 0 Å². The van der Waals surface area contributed by atoms with Crippen molar-refractivity contribution in [1.29, 1.82) is 0 Å². The third kappa shape index (κ3) is 16.2. The number of para-hydroxylation sites is 1. The molecule has 1 aromatic heterocycles. The number of aromatic amines is 1. The highest BCUT2D eigenvalue weighted by molar-refractivity contribution is 5.97. The van der Waals surface area contributed by atoms with Gasteiger partial charge in [-0.2, -0.15) is 0 Å². The number of benzene rings is 2. The molecule has 0 radical (unpaired) electrons. The maximum absolute atomic E-state index is 13.7. The minimum Gasteiger partial charge on any atom is -0.481 e. The summed E-state index contributed by atoms with van der Waals surface area (Å²) in [5.41, 5.74) is 7.54. The second-order valence-electron chi connectivity index (χ2n) is 15.2. The second kappa shape index (κ2) is 24.3. The number of hydrogen-bond donors (Lipinski definition) is 12.